The summed E-state index contributed by atoms with van der Waals surface area (Å²) >= 11 is 0. The van der Waals surface area contributed by atoms with Gasteiger partial charge in [0.05, 0.1) is 27.4 Å². The van der Waals surface area contributed by atoms with E-state index < -0.39 is 95.1 Å². The zero-order valence-corrected chi connectivity index (χ0v) is 29.5. The number of carboxylic acid groups (broad SMARTS) is 1. The van der Waals surface area contributed by atoms with Crippen LogP contribution in [0.5, 0.6) is 0 Å². The van der Waals surface area contributed by atoms with E-state index in [1.54, 1.807) is 0 Å². The summed E-state index contributed by atoms with van der Waals surface area (Å²) in [6.07, 6.45) is -9.21. The van der Waals surface area contributed by atoms with Gasteiger partial charge in [-0.15, -0.1) is 0 Å². The number of hydrogen-bond donors (Lipinski definition) is 6. The van der Waals surface area contributed by atoms with Crippen molar-refractivity contribution in [1.82, 2.24) is 34.2 Å². The van der Waals surface area contributed by atoms with Crippen molar-refractivity contribution < 1.29 is 66.8 Å². The number of nitrogens with two attached hydrogens (primary N) is 2. The first-order valence-electron chi connectivity index (χ1n) is 15.8. The Morgan fingerprint density at radius 3 is 2.42 bits per heavy atom. The highest BCUT2D eigenvalue weighted by Crippen LogP contribution is 2.50. The van der Waals surface area contributed by atoms with Crippen molar-refractivity contribution in [3.63, 3.8) is 0 Å². The van der Waals surface area contributed by atoms with Crippen molar-refractivity contribution >= 4 is 44.5 Å². The maximum absolute atomic E-state index is 14.4. The second-order valence-corrected chi connectivity index (χ2v) is 14.8. The first-order chi connectivity index (χ1) is 25.0. The molecule has 53 heavy (non-hydrogen) atoms. The minimum Gasteiger partial charge on any atom is -0.790 e. The summed E-state index contributed by atoms with van der Waals surface area (Å²) < 4.78 is 61.3. The predicted octanol–water partition coefficient (Wildman–Crippen LogP) is -4.67. The number of aliphatic carboxylic acids is 1. The Hall–Kier alpha value is -3.68. The fourth-order valence-corrected chi connectivity index (χ4v) is 7.59. The van der Waals surface area contributed by atoms with E-state index in [4.69, 9.17) is 34.7 Å². The second-order valence-electron chi connectivity index (χ2n) is 11.8. The zero-order valence-electron chi connectivity index (χ0n) is 27.7. The molecule has 0 bridgehead atoms. The molecule has 2 aliphatic rings. The third-order valence-electron chi connectivity index (χ3n) is 8.17. The second kappa shape index (κ2) is 16.8. The lowest BCUT2D eigenvalue weighted by atomic mass is 10.1. The summed E-state index contributed by atoms with van der Waals surface area (Å²) in [6, 6.07) is 1.25. The predicted molar refractivity (Wildman–Crippen MR) is 170 cm³/mol. The smallest absolute Gasteiger partial charge is 0.406 e. The highest BCUT2D eigenvalue weighted by atomic mass is 31.2. The summed E-state index contributed by atoms with van der Waals surface area (Å²) in [5, 5.41) is 34.8. The number of ether oxygens (including phenoxy) is 3. The molecule has 3 aromatic heterocycles. The van der Waals surface area contributed by atoms with Gasteiger partial charge in [0.15, 0.2) is 23.6 Å². The summed E-state index contributed by atoms with van der Waals surface area (Å²) in [7, 11) is -9.08. The van der Waals surface area contributed by atoms with Crippen LogP contribution >= 0.6 is 15.6 Å². The number of unbranched alkanes of at least 4 members (excludes halogenated alkanes) is 2. The minimum absolute atomic E-state index is 0.0954. The topological polar surface area (TPSA) is 379 Å². The number of phosphoric acid groups is 1. The molecule has 8 N–H and O–H groups in total. The Labute approximate surface area is 298 Å². The van der Waals surface area contributed by atoms with Crippen molar-refractivity contribution in [3.8, 4) is 0 Å². The third kappa shape index (κ3) is 9.71. The number of fused-ring (bicyclic) bond motifs is 1. The molecule has 0 spiro atoms. The molecule has 2 aliphatic heterocycles. The van der Waals surface area contributed by atoms with Crippen LogP contribution in [0, 0.1) is 0 Å². The van der Waals surface area contributed by atoms with Crippen LogP contribution in [0.25, 0.3) is 11.2 Å². The Morgan fingerprint density at radius 1 is 1.02 bits per heavy atom. The van der Waals surface area contributed by atoms with Crippen molar-refractivity contribution in [3.05, 3.63) is 39.4 Å². The molecular formula is C26H36N9O16P2-3. The Balaban J connectivity index is 1.41. The first kappa shape index (κ1) is 40.5. The number of carboxylic acids is 1. The van der Waals surface area contributed by atoms with Gasteiger partial charge < -0.3 is 64.7 Å². The molecule has 27 heteroatoms. The number of aromatic nitrogens is 6. The van der Waals surface area contributed by atoms with E-state index in [2.05, 4.69) is 29.5 Å². The quantitative estimate of drug-likeness (QED) is 0.0521. The number of aliphatic hydroxyl groups is 2. The van der Waals surface area contributed by atoms with E-state index >= 15 is 0 Å². The van der Waals surface area contributed by atoms with Gasteiger partial charge in [0.2, 0.25) is 5.95 Å². The van der Waals surface area contributed by atoms with Gasteiger partial charge in [-0.3, -0.25) is 28.0 Å². The largest absolute Gasteiger partial charge is 0.790 e. The normalized spacial score (nSPS) is 27.3. The van der Waals surface area contributed by atoms with Gasteiger partial charge in [-0.2, -0.15) is 9.97 Å². The molecule has 0 radical (unpaired) electrons. The van der Waals surface area contributed by atoms with Crippen molar-refractivity contribution in [2.45, 2.75) is 74.8 Å². The van der Waals surface area contributed by atoms with Crippen molar-refractivity contribution in [2.75, 3.05) is 38.3 Å². The highest BCUT2D eigenvalue weighted by Gasteiger charge is 2.52. The standard InChI is InChI=1S/C26H39N9O16P2/c1-46-20-19(13(10-48-53(43,44)45)50-24(20)35-11-29-16-21(35)32-25(28)33-22(16)40)51-52(42,30-7-4-2-3-5-15(36)37)47-9-12-17(38)18(39)23(49-12)34-8-6-14(27)31-26(34)41/h6,8,11-13,17-20,23-24,38-39H,2-5,7,9-10H2,1H3,(H,30,42)(H,36,37)(H2,27,31,41)(H2,43,44,45)(H3,28,32,33,40)/p-3/t12-,13-,17-,18-,19-,20-,23-,24-,52+/m1/s1. The van der Waals surface area contributed by atoms with Crippen LogP contribution in [-0.4, -0.2) is 109 Å². The van der Waals surface area contributed by atoms with Crippen LogP contribution in [0.15, 0.2) is 28.2 Å². The van der Waals surface area contributed by atoms with E-state index in [0.29, 0.717) is 6.42 Å². The number of aromatic amines is 1. The third-order valence-corrected chi connectivity index (χ3v) is 10.3. The van der Waals surface area contributed by atoms with Crippen LogP contribution < -0.4 is 42.7 Å². The summed E-state index contributed by atoms with van der Waals surface area (Å²) in [4.78, 5) is 72.5. The summed E-state index contributed by atoms with van der Waals surface area (Å²) in [5.74, 6) is -1.65. The number of nitrogens with zero attached hydrogens (tertiary/aromatic N) is 5. The number of nitrogen functional groups attached to an aromatic ring is 2. The van der Waals surface area contributed by atoms with Crippen LogP contribution in [-0.2, 0) is 41.7 Å². The van der Waals surface area contributed by atoms with E-state index in [0.717, 1.165) is 10.9 Å². The van der Waals surface area contributed by atoms with E-state index in [-0.39, 0.29) is 48.7 Å². The fourth-order valence-electron chi connectivity index (χ4n) is 5.69. The molecular weight excluding hydrogens is 756 g/mol. The SMILES string of the molecule is CO[C@@H]1[C@H](O[P@](=O)(NCCCCCC(=O)[O-])OC[C@H]2O[C@@H](n3ccc(N)nc3=O)[C@H](O)[C@@H]2O)[C@@H](COP(=O)([O-])[O-])O[C@H]1n1cnc2c(=O)[nH]c(N)nc21. The lowest BCUT2D eigenvalue weighted by Gasteiger charge is -2.32. The summed E-state index contributed by atoms with van der Waals surface area (Å²) in [6.45, 7) is -1.83. The molecule has 5 heterocycles. The van der Waals surface area contributed by atoms with Gasteiger partial charge in [0.1, 0.15) is 42.4 Å². The monoisotopic (exact) mass is 792 g/mol. The van der Waals surface area contributed by atoms with Crippen LogP contribution in [0.4, 0.5) is 11.8 Å². The van der Waals surface area contributed by atoms with Gasteiger partial charge in [0, 0.05) is 25.8 Å². The van der Waals surface area contributed by atoms with Crippen LogP contribution in [0.1, 0.15) is 38.1 Å². The fraction of sp³-hybridized carbons (Fsp3) is 0.615. The molecule has 2 saturated heterocycles. The molecule has 0 unspecified atom stereocenters. The molecule has 3 aromatic rings. The molecule has 9 atom stereocenters. The molecule has 2 fully saturated rings. The average Bonchev–Trinajstić information content (AvgIpc) is 3.73. The number of rotatable bonds is 18. The first-order valence-corrected chi connectivity index (χ1v) is 18.8. The molecule has 0 amide bonds. The molecule has 25 nitrogen and oxygen atoms in total. The molecule has 5 rings (SSSR count). The van der Waals surface area contributed by atoms with Crippen LogP contribution in [0.3, 0.4) is 0 Å². The van der Waals surface area contributed by atoms with Crippen molar-refractivity contribution in [2.24, 2.45) is 0 Å². The lowest BCUT2D eigenvalue weighted by molar-refractivity contribution is -0.343. The van der Waals surface area contributed by atoms with E-state index in [1.165, 1.54) is 23.9 Å². The lowest BCUT2D eigenvalue weighted by Crippen LogP contribution is -2.40. The number of imidazole rings is 1. The van der Waals surface area contributed by atoms with Gasteiger partial charge in [0.25, 0.3) is 5.56 Å². The molecule has 294 valence electrons. The molecule has 0 aliphatic carbocycles. The number of phosphoric ester groups is 1. The Kier molecular flexibility index (Phi) is 12.8. The molecule has 0 aromatic carbocycles. The Morgan fingerprint density at radius 2 is 1.74 bits per heavy atom. The average molecular weight is 793 g/mol. The van der Waals surface area contributed by atoms with Gasteiger partial charge in [-0.1, -0.05) is 6.42 Å². The number of carbonyl (C=O) groups is 1. The number of aliphatic hydroxyl groups excluding tert-OH is 2. The Bertz CT molecular complexity index is 1970. The summed E-state index contributed by atoms with van der Waals surface area (Å²) in [5.41, 5.74) is 9.37. The van der Waals surface area contributed by atoms with Gasteiger partial charge in [-0.25, -0.2) is 19.4 Å². The number of carbonyl (C=O) groups excluding carboxylic acids is 1. The zero-order chi connectivity index (χ0) is 38.7. The molecule has 0 saturated carbocycles. The van der Waals surface area contributed by atoms with Crippen molar-refractivity contribution in [1.29, 1.82) is 0 Å². The van der Waals surface area contributed by atoms with E-state index in [1.807, 2.05) is 0 Å². The maximum Gasteiger partial charge on any atom is 0.406 e. The number of nitrogens with one attached hydrogen (secondary N) is 2. The number of anilines is 2. The van der Waals surface area contributed by atoms with Crippen LogP contribution in [0.2, 0.25) is 0 Å². The van der Waals surface area contributed by atoms with E-state index in [9.17, 15) is 48.6 Å². The van der Waals surface area contributed by atoms with Gasteiger partial charge in [-0.05, 0) is 25.3 Å². The van der Waals surface area contributed by atoms with Gasteiger partial charge >= 0.3 is 13.4 Å². The number of methoxy groups -OCH3 is 1. The maximum atomic E-state index is 14.4. The minimum atomic E-state index is -5.61. The highest BCUT2D eigenvalue weighted by molar-refractivity contribution is 7.51. The number of H-pyrrole nitrogens is 1. The number of hydrogen-bond acceptors (Lipinski definition) is 21.